The van der Waals surface area contributed by atoms with Gasteiger partial charge in [0.25, 0.3) is 41.4 Å². The number of carbonyl (C=O) groups is 8. The Labute approximate surface area is 800 Å². The van der Waals surface area contributed by atoms with Gasteiger partial charge in [-0.15, -0.1) is 0 Å². The second kappa shape index (κ2) is 44.3. The van der Waals surface area contributed by atoms with Crippen molar-refractivity contribution < 1.29 is 115 Å². The van der Waals surface area contributed by atoms with Crippen molar-refractivity contribution in [3.05, 3.63) is 359 Å². The number of nitrogens with two attached hydrogens (primary N) is 1. The molecular formula is C101H92F12N12O17. The molecule has 742 valence electrons. The normalized spacial score (nSPS) is 16.8. The van der Waals surface area contributed by atoms with Crippen LogP contribution in [0.25, 0.3) is 0 Å². The number of carbonyl (C=O) groups excluding carboxylic acids is 7. The number of nitrogens with one attached hydrogen (secondary N) is 3. The number of hydrogen-bond acceptors (Lipinski definition) is 17. The van der Waals surface area contributed by atoms with Gasteiger partial charge in [-0.05, 0) is 93.7 Å². The second-order valence-electron chi connectivity index (χ2n) is 34.6. The number of carboxylic acid groups (broad SMARTS) is 1. The number of ether oxygens (including phenoxy) is 3. The summed E-state index contributed by atoms with van der Waals surface area (Å²) in [6.07, 6.45) is 14.0. The molecule has 41 heteroatoms. The molecule has 19 rings (SSSR count). The first-order valence-corrected chi connectivity index (χ1v) is 45.5. The summed E-state index contributed by atoms with van der Waals surface area (Å²) in [4.78, 5) is 162. The molecular weight excluding hydrogens is 1880 g/mol. The summed E-state index contributed by atoms with van der Waals surface area (Å²) in [6.45, 7) is 2.39. The molecule has 142 heavy (non-hydrogen) atoms. The van der Waals surface area contributed by atoms with Gasteiger partial charge in [-0.25, -0.2) is 57.5 Å². The van der Waals surface area contributed by atoms with Gasteiger partial charge >= 0.3 is 5.97 Å². The number of aromatic hydroxyl groups is 1. The zero-order valence-electron chi connectivity index (χ0n) is 75.7. The molecule has 4 unspecified atom stereocenters. The highest BCUT2D eigenvalue weighted by molar-refractivity contribution is 6.02. The molecule has 11 aromatic rings. The lowest BCUT2D eigenvalue weighted by molar-refractivity contribution is 0.0685. The third kappa shape index (κ3) is 22.2. The maximum Gasteiger partial charge on any atom is 0.341 e. The Kier molecular flexibility index (Phi) is 31.4. The number of aromatic nitrogens is 4. The van der Waals surface area contributed by atoms with Crippen molar-refractivity contribution in [2.45, 2.75) is 147 Å². The smallest absolute Gasteiger partial charge is 0.341 e. The fraction of sp³-hybridized carbons (Fsp3) is 0.307. The minimum absolute atomic E-state index is 0.00188. The highest BCUT2D eigenvalue weighted by atomic mass is 19.2. The molecule has 0 saturated carbocycles. The number of halogens is 12. The first-order valence-electron chi connectivity index (χ1n) is 45.5. The van der Waals surface area contributed by atoms with Gasteiger partial charge in [0.1, 0.15) is 112 Å². The van der Waals surface area contributed by atoms with Crippen LogP contribution in [-0.2, 0) is 46.0 Å². The first-order chi connectivity index (χ1) is 68.1. The van der Waals surface area contributed by atoms with Crippen LogP contribution in [0.15, 0.2) is 183 Å². The zero-order chi connectivity index (χ0) is 101. The monoisotopic (exact) mass is 1970 g/mol. The molecule has 4 aromatic heterocycles. The van der Waals surface area contributed by atoms with Crippen molar-refractivity contribution in [1.82, 2.24) is 53.8 Å². The van der Waals surface area contributed by atoms with Crippen LogP contribution in [0.4, 0.5) is 52.7 Å². The number of nitrogens with zero attached hydrogens (tertiary/aromatic N) is 8. The summed E-state index contributed by atoms with van der Waals surface area (Å²) in [5, 5.41) is 26.8. The van der Waals surface area contributed by atoms with E-state index in [1.165, 1.54) is 29.4 Å². The molecule has 8 bridgehead atoms. The van der Waals surface area contributed by atoms with Crippen LogP contribution in [-0.4, -0.2) is 148 Å². The number of amides is 7. The second-order valence-corrected chi connectivity index (χ2v) is 34.6. The average molecular weight is 1970 g/mol. The summed E-state index contributed by atoms with van der Waals surface area (Å²) in [5.74, 6) is -20.0. The van der Waals surface area contributed by atoms with Gasteiger partial charge in [0.15, 0.2) is 45.8 Å². The van der Waals surface area contributed by atoms with E-state index in [2.05, 4.69) is 16.0 Å². The Hall–Kier alpha value is -15.6. The van der Waals surface area contributed by atoms with Gasteiger partial charge in [0, 0.05) is 198 Å². The van der Waals surface area contributed by atoms with Crippen LogP contribution in [0, 0.1) is 69.8 Å². The predicted molar refractivity (Wildman–Crippen MR) is 486 cm³/mol. The lowest BCUT2D eigenvalue weighted by Crippen LogP contribution is -2.37. The van der Waals surface area contributed by atoms with Gasteiger partial charge in [-0.3, -0.25) is 52.7 Å². The molecule has 4 fully saturated rings. The number of benzene rings is 7. The molecule has 4 saturated heterocycles. The summed E-state index contributed by atoms with van der Waals surface area (Å²) < 4.78 is 185. The quantitative estimate of drug-likeness (QED) is 0.0386. The largest absolute Gasteiger partial charge is 0.503 e. The summed E-state index contributed by atoms with van der Waals surface area (Å²) in [7, 11) is 0. The third-order valence-corrected chi connectivity index (χ3v) is 25.7. The maximum absolute atomic E-state index is 14.1. The van der Waals surface area contributed by atoms with Crippen molar-refractivity contribution in [2.24, 2.45) is 5.73 Å². The molecule has 7 amide bonds. The van der Waals surface area contributed by atoms with E-state index in [1.807, 2.05) is 66.7 Å². The van der Waals surface area contributed by atoms with Crippen molar-refractivity contribution in [2.75, 3.05) is 52.4 Å². The standard InChI is InChI=1S/2C27H24F3N3O4.C20H18F3N3O4.C20H20N2O5.C7H6F3N/c2*28-17-11-21(29)19(22(30)12-17)13-31-26(35)20-14-33-18-7-4-9-32(10-8-18)27(36)23(33)25(24(20)34)37-15-16-5-2-1-3-6-16;21-10-6-14(22)12(15(23)7-10)8-24-19(29)13-9-26-11-2-1-4-25(5-3-11)20(30)16(26)18(28)17(13)27;23-17-15(20(25)26)11-22-14-7-4-9-21(10-8-14)19(24)16(22)18(17)27-12-13-5-2-1-3-6-13;8-4-1-6(9)5(3-11)7(10)2-4/h2*1-3,5-6,11-12,14,18H,4,7-10,13,15H2,(H,31,35);6-7,9,11,28H,1-5,8H2,(H,24,29);1-3,5-6,11,14H,4,7-10,12H2,(H,25,26);1-2H,3,11H2. The van der Waals surface area contributed by atoms with E-state index in [-0.39, 0.29) is 131 Å². The first kappa shape index (κ1) is 101. The highest BCUT2D eigenvalue weighted by Gasteiger charge is 2.42. The topological polar surface area (TPSA) is 368 Å². The Morgan fingerprint density at radius 1 is 0.324 bits per heavy atom. The van der Waals surface area contributed by atoms with Crippen LogP contribution < -0.4 is 57.6 Å². The molecule has 0 radical (unpaired) electrons. The van der Waals surface area contributed by atoms with Gasteiger partial charge in [0.2, 0.25) is 21.7 Å². The Bertz CT molecular complexity index is 6710. The molecule has 0 spiro atoms. The minimum atomic E-state index is -1.32. The van der Waals surface area contributed by atoms with Gasteiger partial charge in [-0.2, -0.15) is 0 Å². The molecule has 7 aromatic carbocycles. The van der Waals surface area contributed by atoms with Crippen LogP contribution >= 0.6 is 0 Å². The summed E-state index contributed by atoms with van der Waals surface area (Å²) >= 11 is 0. The van der Waals surface area contributed by atoms with Crippen LogP contribution in [0.3, 0.4) is 0 Å². The number of fused-ring (bicyclic) bond motifs is 20. The number of hydrogen-bond donors (Lipinski definition) is 6. The van der Waals surface area contributed by atoms with Gasteiger partial charge < -0.3 is 84.0 Å². The molecule has 8 aliphatic heterocycles. The molecule has 8 aliphatic rings. The summed E-state index contributed by atoms with van der Waals surface area (Å²) in [6, 6.07) is 31.1. The van der Waals surface area contributed by atoms with Crippen LogP contribution in [0.2, 0.25) is 0 Å². The number of carboxylic acids is 1. The minimum Gasteiger partial charge on any atom is -0.503 e. The maximum atomic E-state index is 14.1. The summed E-state index contributed by atoms with van der Waals surface area (Å²) in [5.41, 5.74) is 0.775. The van der Waals surface area contributed by atoms with Crippen molar-refractivity contribution in [3.8, 4) is 23.0 Å². The van der Waals surface area contributed by atoms with E-state index >= 15 is 0 Å². The Morgan fingerprint density at radius 2 is 0.563 bits per heavy atom. The lowest BCUT2D eigenvalue weighted by Gasteiger charge is -2.26. The van der Waals surface area contributed by atoms with E-state index in [1.54, 1.807) is 57.6 Å². The van der Waals surface area contributed by atoms with Crippen molar-refractivity contribution in [1.29, 1.82) is 0 Å². The lowest BCUT2D eigenvalue weighted by atomic mass is 10.1. The van der Waals surface area contributed by atoms with Crippen LogP contribution in [0.1, 0.15) is 224 Å². The Balaban J connectivity index is 0.000000138. The molecule has 12 heterocycles. The fourth-order valence-corrected chi connectivity index (χ4v) is 18.3. The van der Waals surface area contributed by atoms with Crippen molar-refractivity contribution in [3.63, 3.8) is 0 Å². The zero-order valence-corrected chi connectivity index (χ0v) is 75.7. The molecule has 0 aliphatic carbocycles. The van der Waals surface area contributed by atoms with E-state index < -0.39 is 169 Å². The predicted octanol–water partition coefficient (Wildman–Crippen LogP) is 13.9. The SMILES string of the molecule is NCc1c(F)cc(F)cc1F.O=C(NCc1c(F)cc(F)cc1F)c1cn2c(c(O)c1=O)C(=O)N1CCCC2CC1.O=C(NCc1c(F)cc(F)cc1F)c1cn2c(c(OCc3ccccc3)c1=O)C(=O)N1CCCC2CC1.O=C(NCc1c(F)cc(F)cc1F)c1cn2c(c(OCc3ccccc3)c1=O)C(=O)N1CCCC2CC1.O=C(O)c1cn2c(c(OCc3ccccc3)c1=O)C(=O)N1CCCC2CC1. The number of pyridine rings is 4. The van der Waals surface area contributed by atoms with E-state index in [0.717, 1.165) is 68.1 Å². The van der Waals surface area contributed by atoms with E-state index in [0.29, 0.717) is 127 Å². The highest BCUT2D eigenvalue weighted by Crippen LogP contribution is 2.39. The number of aromatic carboxylic acids is 1. The third-order valence-electron chi connectivity index (χ3n) is 25.7. The van der Waals surface area contributed by atoms with Crippen molar-refractivity contribution >= 4 is 47.3 Å². The van der Waals surface area contributed by atoms with E-state index in [4.69, 9.17) is 19.9 Å². The fourth-order valence-electron chi connectivity index (χ4n) is 18.3. The van der Waals surface area contributed by atoms with Crippen LogP contribution in [0.5, 0.6) is 23.0 Å². The molecule has 4 atom stereocenters. The molecule has 7 N–H and O–H groups in total. The van der Waals surface area contributed by atoms with Gasteiger partial charge in [0.05, 0.1) is 0 Å². The van der Waals surface area contributed by atoms with E-state index in [9.17, 15) is 120 Å². The van der Waals surface area contributed by atoms with Gasteiger partial charge in [-0.1, -0.05) is 91.0 Å². The molecule has 29 nitrogen and oxygen atoms in total. The number of rotatable bonds is 20. The Morgan fingerprint density at radius 3 is 0.831 bits per heavy atom. The average Bonchev–Trinajstić information content (AvgIpc) is 1.53.